The van der Waals surface area contributed by atoms with Crippen LogP contribution in [0.2, 0.25) is 10.0 Å². The largest absolute Gasteiger partial charge is 0.423 e. The Bertz CT molecular complexity index is 505. The Labute approximate surface area is 111 Å². The lowest BCUT2D eigenvalue weighted by Gasteiger charge is -2.05. The van der Waals surface area contributed by atoms with Crippen molar-refractivity contribution in [3.63, 3.8) is 0 Å². The summed E-state index contributed by atoms with van der Waals surface area (Å²) in [4.78, 5) is 7.92. The zero-order valence-electron chi connectivity index (χ0n) is 7.82. The molecule has 0 aliphatic rings. The van der Waals surface area contributed by atoms with Crippen LogP contribution in [-0.2, 0) is 0 Å². The van der Waals surface area contributed by atoms with E-state index in [1.807, 2.05) is 0 Å². The minimum Gasteiger partial charge on any atom is -0.423 e. The molecule has 2 aromatic rings. The Morgan fingerprint density at radius 3 is 2.50 bits per heavy atom. The van der Waals surface area contributed by atoms with Gasteiger partial charge >= 0.3 is 6.01 Å². The lowest BCUT2D eigenvalue weighted by molar-refractivity contribution is 0.441. The first-order chi connectivity index (χ1) is 7.66. The van der Waals surface area contributed by atoms with Gasteiger partial charge in [-0.2, -0.15) is 0 Å². The quantitative estimate of drug-likeness (QED) is 0.826. The zero-order valence-corrected chi connectivity index (χ0v) is 10.9. The summed E-state index contributed by atoms with van der Waals surface area (Å²) in [7, 11) is 0. The molecule has 1 aromatic heterocycles. The van der Waals surface area contributed by atoms with Gasteiger partial charge in [0.1, 0.15) is 5.02 Å². The Morgan fingerprint density at radius 1 is 1.12 bits per heavy atom. The smallest absolute Gasteiger partial charge is 0.321 e. The van der Waals surface area contributed by atoms with Crippen LogP contribution in [0.15, 0.2) is 35.1 Å². The van der Waals surface area contributed by atoms with Gasteiger partial charge in [0.2, 0.25) is 0 Å². The third-order valence-corrected chi connectivity index (χ3v) is 2.93. The van der Waals surface area contributed by atoms with E-state index in [1.165, 1.54) is 0 Å². The molecule has 0 amide bonds. The predicted octanol–water partition coefficient (Wildman–Crippen LogP) is 4.34. The van der Waals surface area contributed by atoms with E-state index in [9.17, 15) is 0 Å². The summed E-state index contributed by atoms with van der Waals surface area (Å²) >= 11 is 15.0. The summed E-state index contributed by atoms with van der Waals surface area (Å²) in [6.45, 7) is 0. The fourth-order valence-electron chi connectivity index (χ4n) is 1.01. The van der Waals surface area contributed by atoms with E-state index >= 15 is 0 Å². The third-order valence-electron chi connectivity index (χ3n) is 1.71. The summed E-state index contributed by atoms with van der Waals surface area (Å²) < 4.78 is 6.16. The van der Waals surface area contributed by atoms with E-state index in [1.54, 1.807) is 30.6 Å². The fourth-order valence-corrected chi connectivity index (χ4v) is 1.55. The van der Waals surface area contributed by atoms with Crippen LogP contribution in [0.3, 0.4) is 0 Å². The number of ether oxygens (including phenoxy) is 1. The molecule has 2 rings (SSSR count). The van der Waals surface area contributed by atoms with Gasteiger partial charge < -0.3 is 4.74 Å². The molecule has 1 aromatic carbocycles. The molecule has 82 valence electrons. The molecule has 0 saturated heterocycles. The lowest BCUT2D eigenvalue weighted by Crippen LogP contribution is -1.91. The van der Waals surface area contributed by atoms with Gasteiger partial charge in [-0.25, -0.2) is 9.97 Å². The molecule has 0 spiro atoms. The number of nitrogens with zero attached hydrogens (tertiary/aromatic N) is 2. The third kappa shape index (κ3) is 2.64. The van der Waals surface area contributed by atoms with Crippen LogP contribution in [0.25, 0.3) is 0 Å². The van der Waals surface area contributed by atoms with Crippen LogP contribution in [0, 0.1) is 0 Å². The zero-order chi connectivity index (χ0) is 11.5. The number of hydrogen-bond acceptors (Lipinski definition) is 3. The number of rotatable bonds is 2. The molecule has 3 nitrogen and oxygen atoms in total. The second-order valence-electron chi connectivity index (χ2n) is 2.84. The summed E-state index contributed by atoms with van der Waals surface area (Å²) in [6.07, 6.45) is 3.17. The molecule has 0 aliphatic carbocycles. The van der Waals surface area contributed by atoms with Crippen LogP contribution in [-0.4, -0.2) is 9.97 Å². The van der Waals surface area contributed by atoms with Crippen molar-refractivity contribution in [3.05, 3.63) is 45.1 Å². The van der Waals surface area contributed by atoms with Gasteiger partial charge in [0.05, 0.1) is 9.50 Å². The first-order valence-corrected chi connectivity index (χ1v) is 5.81. The highest BCUT2D eigenvalue weighted by Gasteiger charge is 2.07. The number of benzene rings is 1. The summed E-state index contributed by atoms with van der Waals surface area (Å²) in [6, 6.07) is 5.33. The standard InChI is InChI=1S/C10H5BrCl2N2O/c11-6-4-14-10(15-5-6)16-8-3-1-2-7(12)9(8)13/h1-5H. The Balaban J connectivity index is 2.27. The molecular formula is C10H5BrCl2N2O. The van der Waals surface area contributed by atoms with Crippen molar-refractivity contribution in [1.29, 1.82) is 0 Å². The molecule has 0 bridgehead atoms. The highest BCUT2D eigenvalue weighted by Crippen LogP contribution is 2.33. The average molecular weight is 320 g/mol. The number of halogens is 3. The molecule has 0 atom stereocenters. The Hall–Kier alpha value is -0.840. The van der Waals surface area contributed by atoms with Crippen molar-refractivity contribution in [2.75, 3.05) is 0 Å². The maximum absolute atomic E-state index is 5.95. The average Bonchev–Trinajstić information content (AvgIpc) is 2.28. The molecule has 0 unspecified atom stereocenters. The Kier molecular flexibility index (Phi) is 3.63. The van der Waals surface area contributed by atoms with Gasteiger partial charge in [0.25, 0.3) is 0 Å². The summed E-state index contributed by atoms with van der Waals surface area (Å²) in [5.41, 5.74) is 0. The molecule has 6 heteroatoms. The van der Waals surface area contributed by atoms with E-state index in [2.05, 4.69) is 25.9 Å². The maximum atomic E-state index is 5.95. The molecule has 1 heterocycles. The van der Waals surface area contributed by atoms with Gasteiger partial charge in [-0.15, -0.1) is 0 Å². The van der Waals surface area contributed by atoms with E-state index < -0.39 is 0 Å². The van der Waals surface area contributed by atoms with Crippen molar-refractivity contribution in [1.82, 2.24) is 9.97 Å². The first kappa shape index (κ1) is 11.6. The fraction of sp³-hybridized carbons (Fsp3) is 0. The van der Waals surface area contributed by atoms with Crippen molar-refractivity contribution >= 4 is 39.1 Å². The van der Waals surface area contributed by atoms with Crippen molar-refractivity contribution in [3.8, 4) is 11.8 Å². The van der Waals surface area contributed by atoms with Crippen molar-refractivity contribution in [2.45, 2.75) is 0 Å². The second-order valence-corrected chi connectivity index (χ2v) is 4.54. The SMILES string of the molecule is Clc1cccc(Oc2ncc(Br)cn2)c1Cl. The van der Waals surface area contributed by atoms with E-state index in [4.69, 9.17) is 27.9 Å². The molecule has 0 saturated carbocycles. The highest BCUT2D eigenvalue weighted by molar-refractivity contribution is 9.10. The van der Waals surface area contributed by atoms with Crippen LogP contribution < -0.4 is 4.74 Å². The minimum atomic E-state index is 0.215. The monoisotopic (exact) mass is 318 g/mol. The normalized spacial score (nSPS) is 10.2. The van der Waals surface area contributed by atoms with E-state index in [0.29, 0.717) is 15.8 Å². The van der Waals surface area contributed by atoms with Crippen LogP contribution in [0.5, 0.6) is 11.8 Å². The van der Waals surface area contributed by atoms with Gasteiger partial charge in [-0.05, 0) is 28.1 Å². The van der Waals surface area contributed by atoms with Crippen LogP contribution in [0.4, 0.5) is 0 Å². The Morgan fingerprint density at radius 2 is 1.81 bits per heavy atom. The highest BCUT2D eigenvalue weighted by atomic mass is 79.9. The molecule has 0 fully saturated rings. The van der Waals surface area contributed by atoms with Gasteiger partial charge in [0.15, 0.2) is 5.75 Å². The predicted molar refractivity (Wildman–Crippen MR) is 66.3 cm³/mol. The van der Waals surface area contributed by atoms with E-state index in [-0.39, 0.29) is 6.01 Å². The topological polar surface area (TPSA) is 35.0 Å². The van der Waals surface area contributed by atoms with Gasteiger partial charge in [-0.1, -0.05) is 29.3 Å². The summed E-state index contributed by atoms with van der Waals surface area (Å²) in [5, 5.41) is 0.770. The number of hydrogen-bond donors (Lipinski definition) is 0. The molecule has 16 heavy (non-hydrogen) atoms. The van der Waals surface area contributed by atoms with E-state index in [0.717, 1.165) is 4.47 Å². The van der Waals surface area contributed by atoms with Crippen molar-refractivity contribution in [2.24, 2.45) is 0 Å². The first-order valence-electron chi connectivity index (χ1n) is 4.26. The number of aromatic nitrogens is 2. The second kappa shape index (κ2) is 4.99. The van der Waals surface area contributed by atoms with Crippen LogP contribution >= 0.6 is 39.1 Å². The summed E-state index contributed by atoms with van der Waals surface area (Å²) in [5.74, 6) is 0.427. The molecule has 0 N–H and O–H groups in total. The minimum absolute atomic E-state index is 0.215. The maximum Gasteiger partial charge on any atom is 0.321 e. The van der Waals surface area contributed by atoms with Crippen LogP contribution in [0.1, 0.15) is 0 Å². The van der Waals surface area contributed by atoms with Crippen molar-refractivity contribution < 1.29 is 4.74 Å². The van der Waals surface area contributed by atoms with Gasteiger partial charge in [0, 0.05) is 12.4 Å². The molecular weight excluding hydrogens is 315 g/mol. The molecule has 0 radical (unpaired) electrons. The lowest BCUT2D eigenvalue weighted by atomic mass is 10.3. The van der Waals surface area contributed by atoms with Gasteiger partial charge in [-0.3, -0.25) is 0 Å². The molecule has 0 aliphatic heterocycles.